The standard InChI is InChI=1S/C14H14N2O3/c1-8-4-5-12(11(6-8)13(17)18)19-14-15-9(2)7-10(3)16-14/h4-7H,1-3H3,(H,17,18). The first-order valence-corrected chi connectivity index (χ1v) is 5.80. The van der Waals surface area contributed by atoms with Crippen molar-refractivity contribution in [2.75, 3.05) is 0 Å². The molecular weight excluding hydrogens is 244 g/mol. The molecule has 5 nitrogen and oxygen atoms in total. The smallest absolute Gasteiger partial charge is 0.339 e. The Bertz CT molecular complexity index is 618. The maximum Gasteiger partial charge on any atom is 0.339 e. The number of hydrogen-bond donors (Lipinski definition) is 1. The van der Waals surface area contributed by atoms with Crippen molar-refractivity contribution < 1.29 is 14.6 Å². The molecule has 0 bridgehead atoms. The fourth-order valence-electron chi connectivity index (χ4n) is 1.74. The molecule has 0 spiro atoms. The van der Waals surface area contributed by atoms with E-state index in [-0.39, 0.29) is 17.3 Å². The van der Waals surface area contributed by atoms with Gasteiger partial charge in [-0.1, -0.05) is 11.6 Å². The van der Waals surface area contributed by atoms with E-state index < -0.39 is 5.97 Å². The van der Waals surface area contributed by atoms with Crippen molar-refractivity contribution in [1.29, 1.82) is 0 Å². The molecule has 0 amide bonds. The van der Waals surface area contributed by atoms with Crippen LogP contribution in [0.2, 0.25) is 0 Å². The number of aryl methyl sites for hydroxylation is 3. The van der Waals surface area contributed by atoms with Crippen LogP contribution in [0.15, 0.2) is 24.3 Å². The third-order valence-electron chi connectivity index (χ3n) is 2.53. The number of rotatable bonds is 3. The Morgan fingerprint density at radius 1 is 1.11 bits per heavy atom. The second kappa shape index (κ2) is 5.06. The van der Waals surface area contributed by atoms with Gasteiger partial charge in [0.15, 0.2) is 0 Å². The predicted octanol–water partition coefficient (Wildman–Crippen LogP) is 2.89. The molecule has 0 saturated carbocycles. The van der Waals surface area contributed by atoms with E-state index in [9.17, 15) is 4.79 Å². The molecule has 1 N–H and O–H groups in total. The second-order valence-electron chi connectivity index (χ2n) is 4.34. The highest BCUT2D eigenvalue weighted by Gasteiger charge is 2.13. The molecule has 2 aromatic rings. The molecule has 0 unspecified atom stereocenters. The van der Waals surface area contributed by atoms with Crippen molar-refractivity contribution >= 4 is 5.97 Å². The number of nitrogens with zero attached hydrogens (tertiary/aromatic N) is 2. The molecule has 0 atom stereocenters. The van der Waals surface area contributed by atoms with Gasteiger partial charge in [0.1, 0.15) is 11.3 Å². The van der Waals surface area contributed by atoms with Crippen LogP contribution in [0.25, 0.3) is 0 Å². The van der Waals surface area contributed by atoms with Gasteiger partial charge in [-0.15, -0.1) is 0 Å². The highest BCUT2D eigenvalue weighted by Crippen LogP contribution is 2.24. The van der Waals surface area contributed by atoms with E-state index in [1.165, 1.54) is 0 Å². The van der Waals surface area contributed by atoms with Crippen molar-refractivity contribution in [2.45, 2.75) is 20.8 Å². The Hall–Kier alpha value is -2.43. The summed E-state index contributed by atoms with van der Waals surface area (Å²) in [6.45, 7) is 5.48. The van der Waals surface area contributed by atoms with E-state index >= 15 is 0 Å². The van der Waals surface area contributed by atoms with Crippen molar-refractivity contribution in [3.05, 3.63) is 46.8 Å². The quantitative estimate of drug-likeness (QED) is 0.916. The van der Waals surface area contributed by atoms with Crippen LogP contribution in [0.1, 0.15) is 27.3 Å². The summed E-state index contributed by atoms with van der Waals surface area (Å²) in [4.78, 5) is 19.4. The van der Waals surface area contributed by atoms with Gasteiger partial charge in [0.2, 0.25) is 0 Å². The third kappa shape index (κ3) is 3.07. The van der Waals surface area contributed by atoms with E-state index in [4.69, 9.17) is 9.84 Å². The zero-order valence-corrected chi connectivity index (χ0v) is 11.0. The number of carboxylic acids is 1. The lowest BCUT2D eigenvalue weighted by molar-refractivity contribution is 0.0694. The number of ether oxygens (including phenoxy) is 1. The SMILES string of the molecule is Cc1ccc(Oc2nc(C)cc(C)n2)c(C(=O)O)c1. The predicted molar refractivity (Wildman–Crippen MR) is 69.7 cm³/mol. The molecule has 2 rings (SSSR count). The van der Waals surface area contributed by atoms with Gasteiger partial charge in [-0.3, -0.25) is 0 Å². The van der Waals surface area contributed by atoms with Crippen LogP contribution in [-0.2, 0) is 0 Å². The fourth-order valence-corrected chi connectivity index (χ4v) is 1.74. The maximum absolute atomic E-state index is 11.2. The van der Waals surface area contributed by atoms with Gasteiger partial charge in [-0.25, -0.2) is 14.8 Å². The Morgan fingerprint density at radius 3 is 2.32 bits per heavy atom. The first-order valence-electron chi connectivity index (χ1n) is 5.80. The highest BCUT2D eigenvalue weighted by molar-refractivity contribution is 5.91. The van der Waals surface area contributed by atoms with Crippen LogP contribution in [0.4, 0.5) is 0 Å². The molecule has 0 aliphatic rings. The van der Waals surface area contributed by atoms with E-state index in [0.717, 1.165) is 17.0 Å². The zero-order chi connectivity index (χ0) is 14.0. The van der Waals surface area contributed by atoms with Crippen molar-refractivity contribution in [3.63, 3.8) is 0 Å². The van der Waals surface area contributed by atoms with E-state index in [0.29, 0.717) is 0 Å². The Morgan fingerprint density at radius 2 is 1.74 bits per heavy atom. The Kier molecular flexibility index (Phi) is 3.46. The van der Waals surface area contributed by atoms with Crippen LogP contribution in [0.5, 0.6) is 11.8 Å². The lowest BCUT2D eigenvalue weighted by Crippen LogP contribution is -2.03. The average molecular weight is 258 g/mol. The van der Waals surface area contributed by atoms with Gasteiger partial charge in [-0.05, 0) is 39.0 Å². The first kappa shape index (κ1) is 13.0. The van der Waals surface area contributed by atoms with E-state index in [2.05, 4.69) is 9.97 Å². The van der Waals surface area contributed by atoms with Crippen molar-refractivity contribution in [1.82, 2.24) is 9.97 Å². The molecule has 1 heterocycles. The lowest BCUT2D eigenvalue weighted by atomic mass is 10.1. The van der Waals surface area contributed by atoms with E-state index in [1.54, 1.807) is 18.2 Å². The third-order valence-corrected chi connectivity index (χ3v) is 2.53. The van der Waals surface area contributed by atoms with Crippen LogP contribution in [0, 0.1) is 20.8 Å². The first-order chi connectivity index (χ1) is 8.95. The normalized spacial score (nSPS) is 10.3. The number of carboxylic acid groups (broad SMARTS) is 1. The van der Waals surface area contributed by atoms with Gasteiger partial charge < -0.3 is 9.84 Å². The van der Waals surface area contributed by atoms with Gasteiger partial charge >= 0.3 is 12.0 Å². The molecule has 0 aliphatic heterocycles. The number of benzene rings is 1. The van der Waals surface area contributed by atoms with Gasteiger partial charge in [-0.2, -0.15) is 0 Å². The number of hydrogen-bond acceptors (Lipinski definition) is 4. The van der Waals surface area contributed by atoms with Crippen LogP contribution in [-0.4, -0.2) is 21.0 Å². The molecule has 5 heteroatoms. The van der Waals surface area contributed by atoms with Crippen LogP contribution >= 0.6 is 0 Å². The molecule has 1 aromatic carbocycles. The minimum atomic E-state index is -1.04. The minimum Gasteiger partial charge on any atom is -0.478 e. The lowest BCUT2D eigenvalue weighted by Gasteiger charge is -2.08. The van der Waals surface area contributed by atoms with Crippen LogP contribution < -0.4 is 4.74 Å². The summed E-state index contributed by atoms with van der Waals surface area (Å²) in [5.74, 6) is -0.800. The van der Waals surface area contributed by atoms with Crippen molar-refractivity contribution in [3.8, 4) is 11.8 Å². The fraction of sp³-hybridized carbons (Fsp3) is 0.214. The molecule has 0 saturated heterocycles. The van der Waals surface area contributed by atoms with Gasteiger partial charge in [0.05, 0.1) is 0 Å². The Labute approximate surface area is 110 Å². The van der Waals surface area contributed by atoms with E-state index in [1.807, 2.05) is 26.8 Å². The molecule has 1 aromatic heterocycles. The second-order valence-corrected chi connectivity index (χ2v) is 4.34. The maximum atomic E-state index is 11.2. The Balaban J connectivity index is 2.40. The zero-order valence-electron chi connectivity index (χ0n) is 11.0. The van der Waals surface area contributed by atoms with Gasteiger partial charge in [0, 0.05) is 11.4 Å². The van der Waals surface area contributed by atoms with Crippen molar-refractivity contribution in [2.24, 2.45) is 0 Å². The number of carbonyl (C=O) groups is 1. The van der Waals surface area contributed by atoms with Gasteiger partial charge in [0.25, 0.3) is 0 Å². The van der Waals surface area contributed by atoms with Crippen LogP contribution in [0.3, 0.4) is 0 Å². The molecule has 0 fully saturated rings. The minimum absolute atomic E-state index is 0.0998. The molecule has 19 heavy (non-hydrogen) atoms. The molecule has 98 valence electrons. The summed E-state index contributed by atoms with van der Waals surface area (Å²) in [6, 6.07) is 6.92. The highest BCUT2D eigenvalue weighted by atomic mass is 16.5. The number of aromatic nitrogens is 2. The summed E-state index contributed by atoms with van der Waals surface area (Å²) in [6.07, 6.45) is 0. The average Bonchev–Trinajstić information content (AvgIpc) is 2.30. The molecular formula is C14H14N2O3. The summed E-state index contributed by atoms with van der Waals surface area (Å²) >= 11 is 0. The molecule has 0 aliphatic carbocycles. The summed E-state index contributed by atoms with van der Waals surface area (Å²) in [7, 11) is 0. The molecule has 0 radical (unpaired) electrons. The topological polar surface area (TPSA) is 72.3 Å². The number of aromatic carboxylic acids is 1. The summed E-state index contributed by atoms with van der Waals surface area (Å²) in [5, 5.41) is 9.16. The monoisotopic (exact) mass is 258 g/mol. The summed E-state index contributed by atoms with van der Waals surface area (Å²) < 4.78 is 5.48. The largest absolute Gasteiger partial charge is 0.478 e. The summed E-state index contributed by atoms with van der Waals surface area (Å²) in [5.41, 5.74) is 2.49.